The molecule has 3 aromatic rings. The number of carbonyl (C=O) groups is 3. The molecular formula is C24H19NO5. The van der Waals surface area contributed by atoms with Gasteiger partial charge in [-0.2, -0.15) is 0 Å². The average molecular weight is 401 g/mol. The molecule has 3 rings (SSSR count). The molecule has 1 amide bonds. The van der Waals surface area contributed by atoms with Gasteiger partial charge in [-0.15, -0.1) is 0 Å². The second-order valence-electron chi connectivity index (χ2n) is 6.32. The maximum Gasteiger partial charge on any atom is 0.356 e. The van der Waals surface area contributed by atoms with Crippen LogP contribution >= 0.6 is 0 Å². The van der Waals surface area contributed by atoms with Crippen molar-refractivity contribution in [3.63, 3.8) is 0 Å². The van der Waals surface area contributed by atoms with Gasteiger partial charge in [0, 0.05) is 11.1 Å². The fourth-order valence-electron chi connectivity index (χ4n) is 2.71. The van der Waals surface area contributed by atoms with E-state index in [-0.39, 0.29) is 5.70 Å². The van der Waals surface area contributed by atoms with Gasteiger partial charge in [-0.25, -0.2) is 9.59 Å². The van der Waals surface area contributed by atoms with Crippen molar-refractivity contribution in [2.75, 3.05) is 0 Å². The van der Waals surface area contributed by atoms with Crippen LogP contribution in [0, 0.1) is 0 Å². The third kappa shape index (κ3) is 5.42. The van der Waals surface area contributed by atoms with Crippen LogP contribution in [0.15, 0.2) is 96.7 Å². The Morgan fingerprint density at radius 2 is 1.33 bits per heavy atom. The highest BCUT2D eigenvalue weighted by atomic mass is 16.6. The molecule has 0 unspecified atom stereocenters. The van der Waals surface area contributed by atoms with Crippen LogP contribution in [0.3, 0.4) is 0 Å². The first kappa shape index (κ1) is 20.5. The third-order valence-corrected chi connectivity index (χ3v) is 4.17. The van der Waals surface area contributed by atoms with Crippen LogP contribution in [-0.2, 0) is 14.3 Å². The maximum atomic E-state index is 12.8. The molecule has 150 valence electrons. The number of carboxylic acids is 1. The number of hydrogen-bond donors (Lipinski definition) is 2. The lowest BCUT2D eigenvalue weighted by atomic mass is 10.1. The minimum atomic E-state index is -1.51. The van der Waals surface area contributed by atoms with E-state index in [1.54, 1.807) is 84.9 Å². The van der Waals surface area contributed by atoms with E-state index in [1.807, 2.05) is 6.07 Å². The van der Waals surface area contributed by atoms with Gasteiger partial charge in [0.05, 0.1) is 0 Å². The Hall–Kier alpha value is -4.19. The quantitative estimate of drug-likeness (QED) is 0.464. The van der Waals surface area contributed by atoms with Crippen molar-refractivity contribution in [3.05, 3.63) is 113 Å². The second kappa shape index (κ2) is 9.84. The highest BCUT2D eigenvalue weighted by Gasteiger charge is 2.27. The Kier molecular flexibility index (Phi) is 6.74. The summed E-state index contributed by atoms with van der Waals surface area (Å²) in [5.41, 5.74) is 1.13. The van der Waals surface area contributed by atoms with E-state index < -0.39 is 23.9 Å². The molecule has 0 bridgehead atoms. The van der Waals surface area contributed by atoms with Crippen molar-refractivity contribution in [1.82, 2.24) is 5.32 Å². The largest absolute Gasteiger partial charge is 0.478 e. The number of ether oxygens (including phenoxy) is 1. The summed E-state index contributed by atoms with van der Waals surface area (Å²) in [4.78, 5) is 37.1. The van der Waals surface area contributed by atoms with Crippen molar-refractivity contribution < 1.29 is 24.2 Å². The number of aliphatic carboxylic acids is 1. The standard InChI is InChI=1S/C24H19NO5/c26-22(19-14-8-3-9-15-19)25-20(16-17-10-4-1-5-11-17)24(29)30-21(23(27)28)18-12-6-2-7-13-18/h1-16,21H,(H,25,26)(H,27,28)/b20-16+/t21-/m0/s1. The molecule has 0 fully saturated rings. The Morgan fingerprint density at radius 3 is 1.90 bits per heavy atom. The molecule has 0 radical (unpaired) electrons. The smallest absolute Gasteiger partial charge is 0.356 e. The highest BCUT2D eigenvalue weighted by molar-refractivity contribution is 6.03. The van der Waals surface area contributed by atoms with Crippen LogP contribution in [0.25, 0.3) is 6.08 Å². The molecule has 30 heavy (non-hydrogen) atoms. The van der Waals surface area contributed by atoms with Crippen molar-refractivity contribution >= 4 is 23.9 Å². The number of hydrogen-bond acceptors (Lipinski definition) is 4. The Labute approximate surface area is 173 Å². The first-order valence-electron chi connectivity index (χ1n) is 9.16. The lowest BCUT2D eigenvalue weighted by Gasteiger charge is -2.16. The van der Waals surface area contributed by atoms with Gasteiger partial charge in [0.2, 0.25) is 6.10 Å². The minimum absolute atomic E-state index is 0.169. The number of benzene rings is 3. The van der Waals surface area contributed by atoms with Gasteiger partial charge in [0.1, 0.15) is 5.70 Å². The molecule has 0 aliphatic heterocycles. The van der Waals surface area contributed by atoms with Gasteiger partial charge < -0.3 is 15.2 Å². The molecule has 0 saturated heterocycles. The Balaban J connectivity index is 1.89. The van der Waals surface area contributed by atoms with Crippen LogP contribution in [0.1, 0.15) is 27.6 Å². The summed E-state index contributed by atoms with van der Waals surface area (Å²) in [7, 11) is 0. The van der Waals surface area contributed by atoms with E-state index in [1.165, 1.54) is 6.08 Å². The lowest BCUT2D eigenvalue weighted by molar-refractivity contribution is -0.162. The van der Waals surface area contributed by atoms with E-state index in [4.69, 9.17) is 4.74 Å². The van der Waals surface area contributed by atoms with Crippen LogP contribution < -0.4 is 5.32 Å². The normalized spacial score (nSPS) is 11.9. The van der Waals surface area contributed by atoms with E-state index >= 15 is 0 Å². The number of esters is 1. The van der Waals surface area contributed by atoms with E-state index in [0.717, 1.165) is 0 Å². The molecule has 0 aromatic heterocycles. The molecule has 0 aliphatic carbocycles. The fourth-order valence-corrected chi connectivity index (χ4v) is 2.71. The van der Waals surface area contributed by atoms with Gasteiger partial charge >= 0.3 is 11.9 Å². The summed E-state index contributed by atoms with van der Waals surface area (Å²) >= 11 is 0. The summed E-state index contributed by atoms with van der Waals surface area (Å²) in [6.45, 7) is 0. The van der Waals surface area contributed by atoms with Crippen molar-refractivity contribution in [1.29, 1.82) is 0 Å². The summed E-state index contributed by atoms with van der Waals surface area (Å²) < 4.78 is 5.25. The number of rotatable bonds is 7. The van der Waals surface area contributed by atoms with Crippen LogP contribution in [0.5, 0.6) is 0 Å². The van der Waals surface area contributed by atoms with E-state index in [2.05, 4.69) is 5.32 Å². The SMILES string of the molecule is O=C(O[C@H](C(=O)O)c1ccccc1)/C(=C\c1ccccc1)NC(=O)c1ccccc1. The molecule has 6 nitrogen and oxygen atoms in total. The Bertz CT molecular complexity index is 1050. The fraction of sp³-hybridized carbons (Fsp3) is 0.0417. The molecular weight excluding hydrogens is 382 g/mol. The van der Waals surface area contributed by atoms with E-state index in [0.29, 0.717) is 16.7 Å². The highest BCUT2D eigenvalue weighted by Crippen LogP contribution is 2.20. The number of carbonyl (C=O) groups excluding carboxylic acids is 2. The topological polar surface area (TPSA) is 92.7 Å². The minimum Gasteiger partial charge on any atom is -0.478 e. The number of nitrogens with one attached hydrogen (secondary N) is 1. The predicted octanol–water partition coefficient (Wildman–Crippen LogP) is 3.83. The summed E-state index contributed by atoms with van der Waals surface area (Å²) in [5.74, 6) is -2.79. The molecule has 0 spiro atoms. The summed E-state index contributed by atoms with van der Waals surface area (Å²) in [6, 6.07) is 25.3. The first-order valence-corrected chi connectivity index (χ1v) is 9.16. The number of amides is 1. The van der Waals surface area contributed by atoms with Gasteiger partial charge in [0.15, 0.2) is 0 Å². The average Bonchev–Trinajstić information content (AvgIpc) is 2.78. The predicted molar refractivity (Wildman–Crippen MR) is 111 cm³/mol. The van der Waals surface area contributed by atoms with Crippen LogP contribution in [0.2, 0.25) is 0 Å². The molecule has 0 saturated carbocycles. The van der Waals surface area contributed by atoms with Gasteiger partial charge in [-0.3, -0.25) is 4.79 Å². The van der Waals surface area contributed by atoms with Crippen molar-refractivity contribution in [3.8, 4) is 0 Å². The number of carboxylic acid groups (broad SMARTS) is 1. The second-order valence-corrected chi connectivity index (χ2v) is 6.32. The summed E-state index contributed by atoms with van der Waals surface area (Å²) in [6.07, 6.45) is -0.0703. The van der Waals surface area contributed by atoms with Crippen molar-refractivity contribution in [2.45, 2.75) is 6.10 Å². The van der Waals surface area contributed by atoms with Gasteiger partial charge in [0.25, 0.3) is 5.91 Å². The van der Waals surface area contributed by atoms with Gasteiger partial charge in [-0.05, 0) is 23.8 Å². The van der Waals surface area contributed by atoms with Gasteiger partial charge in [-0.1, -0.05) is 78.9 Å². The van der Waals surface area contributed by atoms with Crippen LogP contribution in [0.4, 0.5) is 0 Å². The maximum absolute atomic E-state index is 12.8. The molecule has 1 atom stereocenters. The zero-order chi connectivity index (χ0) is 21.3. The first-order chi connectivity index (χ1) is 14.5. The van der Waals surface area contributed by atoms with Crippen molar-refractivity contribution in [2.24, 2.45) is 0 Å². The molecule has 6 heteroatoms. The monoisotopic (exact) mass is 401 g/mol. The molecule has 0 heterocycles. The lowest BCUT2D eigenvalue weighted by Crippen LogP contribution is -2.30. The Morgan fingerprint density at radius 1 is 0.800 bits per heavy atom. The third-order valence-electron chi connectivity index (χ3n) is 4.17. The van der Waals surface area contributed by atoms with Crippen LogP contribution in [-0.4, -0.2) is 23.0 Å². The summed E-state index contributed by atoms with van der Waals surface area (Å²) in [5, 5.41) is 12.1. The van der Waals surface area contributed by atoms with E-state index in [9.17, 15) is 19.5 Å². The molecule has 3 aromatic carbocycles. The molecule has 2 N–H and O–H groups in total. The molecule has 0 aliphatic rings. The zero-order valence-corrected chi connectivity index (χ0v) is 15.9. The zero-order valence-electron chi connectivity index (χ0n) is 15.9.